The Balaban J connectivity index is 3.50. The van der Waals surface area contributed by atoms with Gasteiger partial charge in [-0.25, -0.2) is 4.39 Å². The number of rotatable bonds is 2. The summed E-state index contributed by atoms with van der Waals surface area (Å²) in [7, 11) is 0. The number of hydrogen-bond donors (Lipinski definition) is 0. The van der Waals surface area contributed by atoms with Crippen molar-refractivity contribution >= 4 is 0 Å². The smallest absolute Gasteiger partial charge is 0.116 e. The van der Waals surface area contributed by atoms with Gasteiger partial charge >= 0.3 is 0 Å². The van der Waals surface area contributed by atoms with Crippen molar-refractivity contribution in [3.8, 4) is 0 Å². The van der Waals surface area contributed by atoms with Crippen LogP contribution in [0.15, 0.2) is 36.7 Å². The van der Waals surface area contributed by atoms with Crippen molar-refractivity contribution in [3.05, 3.63) is 36.7 Å². The quantitative estimate of drug-likeness (QED) is 0.481. The molecule has 0 atom stereocenters. The van der Waals surface area contributed by atoms with E-state index in [4.69, 9.17) is 0 Å². The predicted octanol–water partition coefficient (Wildman–Crippen LogP) is 2.60. The van der Waals surface area contributed by atoms with Crippen molar-refractivity contribution < 1.29 is 4.39 Å². The van der Waals surface area contributed by atoms with E-state index in [9.17, 15) is 4.39 Å². The van der Waals surface area contributed by atoms with Crippen LogP contribution in [0.3, 0.4) is 0 Å². The summed E-state index contributed by atoms with van der Waals surface area (Å²) < 4.78 is 11.7. The van der Waals surface area contributed by atoms with E-state index < -0.39 is 5.83 Å². The molecule has 0 bridgehead atoms. The first-order valence-corrected chi connectivity index (χ1v) is 2.41. The predicted molar refractivity (Wildman–Crippen MR) is 34.2 cm³/mol. The molecular weight excluding hydrogens is 103 g/mol. The van der Waals surface area contributed by atoms with Gasteiger partial charge in [0.15, 0.2) is 0 Å². The Labute approximate surface area is 49.0 Å². The van der Waals surface area contributed by atoms with Gasteiger partial charge < -0.3 is 0 Å². The van der Waals surface area contributed by atoms with Gasteiger partial charge in [-0.15, -0.1) is 0 Å². The third-order valence-electron chi connectivity index (χ3n) is 0.581. The van der Waals surface area contributed by atoms with Gasteiger partial charge in [-0.1, -0.05) is 24.8 Å². The number of allylic oxidation sites excluding steroid dienone is 5. The molecule has 44 valence electrons. The van der Waals surface area contributed by atoms with E-state index in [0.717, 1.165) is 0 Å². The molecule has 0 aliphatic carbocycles. The van der Waals surface area contributed by atoms with E-state index in [-0.39, 0.29) is 0 Å². The van der Waals surface area contributed by atoms with Gasteiger partial charge in [0.25, 0.3) is 0 Å². The average molecular weight is 112 g/mol. The summed E-state index contributed by atoms with van der Waals surface area (Å²) in [5.74, 6) is -0.414. The third-order valence-corrected chi connectivity index (χ3v) is 0.581. The topological polar surface area (TPSA) is 0 Å². The molecule has 1 heteroatoms. The van der Waals surface area contributed by atoms with E-state index in [0.29, 0.717) is 0 Å². The maximum absolute atomic E-state index is 11.7. The molecule has 0 unspecified atom stereocenters. The zero-order valence-electron chi connectivity index (χ0n) is 4.89. The first-order valence-electron chi connectivity index (χ1n) is 2.41. The Morgan fingerprint density at radius 1 is 1.50 bits per heavy atom. The van der Waals surface area contributed by atoms with Gasteiger partial charge in [-0.3, -0.25) is 0 Å². The monoisotopic (exact) mass is 112 g/mol. The minimum Gasteiger partial charge on any atom is -0.208 e. The maximum Gasteiger partial charge on any atom is 0.116 e. The average Bonchev–Trinajstić information content (AvgIpc) is 1.66. The highest BCUT2D eigenvalue weighted by molar-refractivity contribution is 5.12. The summed E-state index contributed by atoms with van der Waals surface area (Å²) in [6, 6.07) is 0. The standard InChI is InChI=1S/C7H9F/c1-3-4-5-6-7(2)8/h3-6H,2H2,1H3/b4-3+,6-5-. The molecule has 8 heavy (non-hydrogen) atoms. The molecule has 0 spiro atoms. The van der Waals surface area contributed by atoms with Crippen molar-refractivity contribution in [2.24, 2.45) is 0 Å². The normalized spacial score (nSPS) is 11.2. The zero-order chi connectivity index (χ0) is 6.41. The summed E-state index contributed by atoms with van der Waals surface area (Å²) in [6.07, 6.45) is 6.46. The second kappa shape index (κ2) is 4.31. The number of hydrogen-bond acceptors (Lipinski definition) is 0. The lowest BCUT2D eigenvalue weighted by Gasteiger charge is -1.73. The Kier molecular flexibility index (Phi) is 3.85. The minimum atomic E-state index is -0.414. The van der Waals surface area contributed by atoms with Crippen LogP contribution in [-0.4, -0.2) is 0 Å². The second-order valence-electron chi connectivity index (χ2n) is 1.33. The molecule has 0 nitrogen and oxygen atoms in total. The van der Waals surface area contributed by atoms with Crippen LogP contribution in [0.1, 0.15) is 6.92 Å². The first-order chi connectivity index (χ1) is 3.77. The molecule has 0 fully saturated rings. The highest BCUT2D eigenvalue weighted by Crippen LogP contribution is 1.91. The molecule has 0 aromatic heterocycles. The molecule has 0 amide bonds. The van der Waals surface area contributed by atoms with Gasteiger partial charge in [0.05, 0.1) is 0 Å². The Bertz CT molecular complexity index is 120. The second-order valence-corrected chi connectivity index (χ2v) is 1.33. The summed E-state index contributed by atoms with van der Waals surface area (Å²) in [5.41, 5.74) is 0. The molecule has 0 aliphatic heterocycles. The Morgan fingerprint density at radius 2 is 2.12 bits per heavy atom. The van der Waals surface area contributed by atoms with Crippen molar-refractivity contribution in [1.29, 1.82) is 0 Å². The highest BCUT2D eigenvalue weighted by atomic mass is 19.1. The molecule has 0 aliphatic rings. The van der Waals surface area contributed by atoms with Gasteiger partial charge in [0.2, 0.25) is 0 Å². The molecule has 0 radical (unpaired) electrons. The minimum absolute atomic E-state index is 0.414. The van der Waals surface area contributed by atoms with E-state index in [1.807, 2.05) is 13.0 Å². The molecular formula is C7H9F. The van der Waals surface area contributed by atoms with Crippen LogP contribution in [0.2, 0.25) is 0 Å². The SMILES string of the molecule is C=C(F)/C=C\C=C\C. The highest BCUT2D eigenvalue weighted by Gasteiger charge is 1.72. The molecule has 0 saturated carbocycles. The summed E-state index contributed by atoms with van der Waals surface area (Å²) in [5, 5.41) is 0. The molecule has 0 heterocycles. The van der Waals surface area contributed by atoms with Gasteiger partial charge in [0.1, 0.15) is 5.83 Å². The van der Waals surface area contributed by atoms with Crippen LogP contribution in [-0.2, 0) is 0 Å². The van der Waals surface area contributed by atoms with Crippen LogP contribution < -0.4 is 0 Å². The summed E-state index contributed by atoms with van der Waals surface area (Å²) in [4.78, 5) is 0. The zero-order valence-corrected chi connectivity index (χ0v) is 4.89. The molecule has 0 saturated heterocycles. The lowest BCUT2D eigenvalue weighted by molar-refractivity contribution is 0.671. The third kappa shape index (κ3) is 5.15. The lowest BCUT2D eigenvalue weighted by atomic mass is 10.4. The molecule has 0 N–H and O–H groups in total. The summed E-state index contributed by atoms with van der Waals surface area (Å²) in [6.45, 7) is 4.91. The van der Waals surface area contributed by atoms with Crippen LogP contribution in [0, 0.1) is 0 Å². The largest absolute Gasteiger partial charge is 0.208 e. The fraction of sp³-hybridized carbons (Fsp3) is 0.143. The van der Waals surface area contributed by atoms with E-state index >= 15 is 0 Å². The van der Waals surface area contributed by atoms with Crippen LogP contribution in [0.4, 0.5) is 4.39 Å². The molecule has 0 aromatic rings. The van der Waals surface area contributed by atoms with E-state index in [2.05, 4.69) is 6.58 Å². The van der Waals surface area contributed by atoms with Crippen LogP contribution in [0.25, 0.3) is 0 Å². The van der Waals surface area contributed by atoms with Crippen LogP contribution >= 0.6 is 0 Å². The lowest BCUT2D eigenvalue weighted by Crippen LogP contribution is -1.54. The van der Waals surface area contributed by atoms with Crippen molar-refractivity contribution in [2.75, 3.05) is 0 Å². The molecule has 0 aromatic carbocycles. The van der Waals surface area contributed by atoms with Crippen molar-refractivity contribution in [3.63, 3.8) is 0 Å². The Hall–Kier alpha value is -0.850. The van der Waals surface area contributed by atoms with E-state index in [1.165, 1.54) is 6.08 Å². The van der Waals surface area contributed by atoms with Gasteiger partial charge in [0, 0.05) is 0 Å². The molecule has 0 rings (SSSR count). The van der Waals surface area contributed by atoms with Gasteiger partial charge in [-0.2, -0.15) is 0 Å². The fourth-order valence-corrected chi connectivity index (χ4v) is 0.271. The van der Waals surface area contributed by atoms with Crippen molar-refractivity contribution in [1.82, 2.24) is 0 Å². The van der Waals surface area contributed by atoms with Crippen LogP contribution in [0.5, 0.6) is 0 Å². The van der Waals surface area contributed by atoms with Gasteiger partial charge in [-0.05, 0) is 13.0 Å². The van der Waals surface area contributed by atoms with E-state index in [1.54, 1.807) is 12.2 Å². The maximum atomic E-state index is 11.7. The number of halogens is 1. The fourth-order valence-electron chi connectivity index (χ4n) is 0.271. The Morgan fingerprint density at radius 3 is 2.50 bits per heavy atom. The van der Waals surface area contributed by atoms with Crippen molar-refractivity contribution in [2.45, 2.75) is 6.92 Å². The summed E-state index contributed by atoms with van der Waals surface area (Å²) >= 11 is 0. The first kappa shape index (κ1) is 7.15.